The first-order valence-electron chi connectivity index (χ1n) is 11.5. The van der Waals surface area contributed by atoms with Crippen molar-refractivity contribution in [3.05, 3.63) is 78.1 Å². The fraction of sp³-hybridized carbons (Fsp3) is 0.296. The summed E-state index contributed by atoms with van der Waals surface area (Å²) in [7, 11) is 0. The Bertz CT molecular complexity index is 1140. The maximum Gasteiger partial charge on any atom is 0.268 e. The molecular weight excluding hydrogens is 467 g/mol. The van der Waals surface area contributed by atoms with Crippen molar-refractivity contribution in [2.24, 2.45) is 0 Å². The normalized spacial score (nSPS) is 15.6. The van der Waals surface area contributed by atoms with Crippen molar-refractivity contribution in [1.82, 2.24) is 4.47 Å². The number of carbonyl (C=O) groups excluding carboxylic acids is 1. The lowest BCUT2D eigenvalue weighted by molar-refractivity contribution is -0.122. The summed E-state index contributed by atoms with van der Waals surface area (Å²) < 4.78 is 26.2. The van der Waals surface area contributed by atoms with Crippen LogP contribution < -0.4 is 14.4 Å². The zero-order chi connectivity index (χ0) is 24.8. The molecule has 8 heteroatoms. The molecule has 6 nitrogen and oxygen atoms in total. The number of hydrogen-bond donors (Lipinski definition) is 1. The third kappa shape index (κ3) is 6.33. The van der Waals surface area contributed by atoms with E-state index in [0.717, 1.165) is 28.1 Å². The minimum absolute atomic E-state index is 0.0687. The van der Waals surface area contributed by atoms with Crippen LogP contribution in [0.15, 0.2) is 66.7 Å². The number of amides is 1. The molecule has 1 aliphatic rings. The van der Waals surface area contributed by atoms with Crippen LogP contribution in [0.1, 0.15) is 18.4 Å². The van der Waals surface area contributed by atoms with Crippen molar-refractivity contribution in [3.8, 4) is 22.6 Å². The van der Waals surface area contributed by atoms with Crippen LogP contribution in [-0.4, -0.2) is 47.6 Å². The Morgan fingerprint density at radius 2 is 1.77 bits per heavy atom. The van der Waals surface area contributed by atoms with E-state index in [4.69, 9.17) is 9.47 Å². The summed E-state index contributed by atoms with van der Waals surface area (Å²) in [6.45, 7) is 3.56. The molecule has 0 radical (unpaired) electrons. The Labute approximate surface area is 209 Å². The van der Waals surface area contributed by atoms with Gasteiger partial charge in [0.1, 0.15) is 17.3 Å². The summed E-state index contributed by atoms with van der Waals surface area (Å²) >= 11 is 1.27. The maximum absolute atomic E-state index is 13.2. The van der Waals surface area contributed by atoms with Gasteiger partial charge in [-0.25, -0.2) is 4.39 Å². The Hall–Kier alpha value is -3.07. The van der Waals surface area contributed by atoms with Gasteiger partial charge in [0, 0.05) is 25.2 Å². The van der Waals surface area contributed by atoms with Gasteiger partial charge in [-0.15, -0.1) is 4.47 Å². The van der Waals surface area contributed by atoms with Crippen molar-refractivity contribution in [3.63, 3.8) is 0 Å². The highest BCUT2D eigenvalue weighted by Gasteiger charge is 2.34. The van der Waals surface area contributed by atoms with Gasteiger partial charge in [0.05, 0.1) is 6.61 Å². The highest BCUT2D eigenvalue weighted by atomic mass is 32.2. The number of nitrogens with zero attached hydrogens (tertiary/aromatic N) is 2. The van der Waals surface area contributed by atoms with Gasteiger partial charge in [0.15, 0.2) is 6.10 Å². The molecule has 35 heavy (non-hydrogen) atoms. The molecule has 3 aromatic rings. The second-order valence-electron chi connectivity index (χ2n) is 8.33. The van der Waals surface area contributed by atoms with Crippen molar-refractivity contribution in [2.45, 2.75) is 25.9 Å². The van der Waals surface area contributed by atoms with Crippen LogP contribution in [0.3, 0.4) is 0 Å². The predicted molar refractivity (Wildman–Crippen MR) is 137 cm³/mol. The monoisotopic (exact) mass is 496 g/mol. The first-order valence-corrected chi connectivity index (χ1v) is 12.7. The standard InChI is InChI=1S/C27H29FN2O4S/c1-19-18-23(10-13-25(19)33-17-3-15-30(32)35-2)29-16-14-26(27(29)31)34-24-11-6-21(7-12-24)20-4-8-22(28)9-5-20/h4-13,18,26,32H,3,14-17H2,1-2H3. The van der Waals surface area contributed by atoms with Crippen LogP contribution in [0.25, 0.3) is 11.1 Å². The van der Waals surface area contributed by atoms with Gasteiger partial charge < -0.3 is 19.6 Å². The van der Waals surface area contributed by atoms with Crippen molar-refractivity contribution in [1.29, 1.82) is 0 Å². The molecule has 1 unspecified atom stereocenters. The smallest absolute Gasteiger partial charge is 0.268 e. The lowest BCUT2D eigenvalue weighted by Crippen LogP contribution is -2.32. The van der Waals surface area contributed by atoms with E-state index in [2.05, 4.69) is 0 Å². The van der Waals surface area contributed by atoms with Crippen LogP contribution in [0.5, 0.6) is 11.5 Å². The van der Waals surface area contributed by atoms with Gasteiger partial charge in [-0.1, -0.05) is 36.2 Å². The summed E-state index contributed by atoms with van der Waals surface area (Å²) in [4.78, 5) is 14.8. The average Bonchev–Trinajstić information content (AvgIpc) is 3.23. The number of anilines is 1. The second-order valence-corrected chi connectivity index (χ2v) is 9.11. The molecule has 1 atom stereocenters. The number of rotatable bonds is 10. The van der Waals surface area contributed by atoms with Crippen molar-refractivity contribution >= 4 is 23.5 Å². The maximum atomic E-state index is 13.2. The lowest BCUT2D eigenvalue weighted by atomic mass is 10.1. The van der Waals surface area contributed by atoms with Gasteiger partial charge in [-0.3, -0.25) is 4.79 Å². The number of aryl methyl sites for hydroxylation is 1. The molecule has 0 spiro atoms. The molecule has 1 heterocycles. The zero-order valence-electron chi connectivity index (χ0n) is 19.8. The van der Waals surface area contributed by atoms with Gasteiger partial charge in [0.2, 0.25) is 0 Å². The number of ether oxygens (including phenoxy) is 2. The first kappa shape index (κ1) is 25.0. The molecule has 184 valence electrons. The topological polar surface area (TPSA) is 62.2 Å². The number of halogens is 1. The van der Waals surface area contributed by atoms with Crippen LogP contribution >= 0.6 is 11.9 Å². The molecular formula is C27H29FN2O4S. The van der Waals surface area contributed by atoms with Crippen LogP contribution in [-0.2, 0) is 4.79 Å². The molecule has 0 bridgehead atoms. The van der Waals surface area contributed by atoms with Crippen LogP contribution in [0.2, 0.25) is 0 Å². The predicted octanol–water partition coefficient (Wildman–Crippen LogP) is 5.72. The SMILES string of the molecule is CSN(O)CCCOc1ccc(N2CCC(Oc3ccc(-c4ccc(F)cc4)cc3)C2=O)cc1C. The van der Waals surface area contributed by atoms with E-state index in [0.29, 0.717) is 38.3 Å². The Morgan fingerprint density at radius 3 is 2.43 bits per heavy atom. The van der Waals surface area contributed by atoms with E-state index < -0.39 is 6.10 Å². The molecule has 0 aliphatic carbocycles. The van der Waals surface area contributed by atoms with E-state index in [9.17, 15) is 14.4 Å². The van der Waals surface area contributed by atoms with E-state index >= 15 is 0 Å². The fourth-order valence-corrected chi connectivity index (χ4v) is 4.30. The molecule has 1 aliphatic heterocycles. The molecule has 3 aromatic carbocycles. The van der Waals surface area contributed by atoms with E-state index in [1.54, 1.807) is 17.0 Å². The van der Waals surface area contributed by atoms with Crippen LogP contribution in [0, 0.1) is 12.7 Å². The average molecular weight is 497 g/mol. The van der Waals surface area contributed by atoms with E-state index in [1.165, 1.54) is 28.5 Å². The summed E-state index contributed by atoms with van der Waals surface area (Å²) in [6.07, 6.45) is 2.57. The highest BCUT2D eigenvalue weighted by Crippen LogP contribution is 2.30. The second kappa shape index (κ2) is 11.6. The fourth-order valence-electron chi connectivity index (χ4n) is 3.99. The van der Waals surface area contributed by atoms with Crippen LogP contribution in [0.4, 0.5) is 10.1 Å². The molecule has 1 N–H and O–H groups in total. The molecule has 0 saturated carbocycles. The summed E-state index contributed by atoms with van der Waals surface area (Å²) in [5.41, 5.74) is 3.63. The van der Waals surface area contributed by atoms with E-state index in [1.807, 2.05) is 55.6 Å². The summed E-state index contributed by atoms with van der Waals surface area (Å²) in [6, 6.07) is 19.5. The largest absolute Gasteiger partial charge is 0.493 e. The molecule has 1 fully saturated rings. The van der Waals surface area contributed by atoms with Crippen molar-refractivity contribution in [2.75, 3.05) is 30.9 Å². The first-order chi connectivity index (χ1) is 16.9. The Balaban J connectivity index is 1.33. The third-order valence-electron chi connectivity index (χ3n) is 5.90. The summed E-state index contributed by atoms with van der Waals surface area (Å²) in [5.74, 6) is 1.05. The number of carbonyl (C=O) groups is 1. The lowest BCUT2D eigenvalue weighted by Gasteiger charge is -2.19. The number of benzene rings is 3. The quantitative estimate of drug-likeness (QED) is 0.220. The van der Waals surface area contributed by atoms with Gasteiger partial charge >= 0.3 is 0 Å². The molecule has 1 saturated heterocycles. The number of hydroxylamine groups is 1. The Morgan fingerprint density at radius 1 is 1.09 bits per heavy atom. The molecule has 1 amide bonds. The number of hydrogen-bond acceptors (Lipinski definition) is 6. The highest BCUT2D eigenvalue weighted by molar-refractivity contribution is 7.96. The third-order valence-corrected chi connectivity index (χ3v) is 6.50. The summed E-state index contributed by atoms with van der Waals surface area (Å²) in [5, 5.41) is 9.46. The Kier molecular flexibility index (Phi) is 8.28. The zero-order valence-corrected chi connectivity index (χ0v) is 20.6. The molecule has 0 aromatic heterocycles. The van der Waals surface area contributed by atoms with Gasteiger partial charge in [0.25, 0.3) is 5.91 Å². The molecule has 4 rings (SSSR count). The van der Waals surface area contributed by atoms with Gasteiger partial charge in [-0.05, 0) is 78.8 Å². The van der Waals surface area contributed by atoms with Crippen molar-refractivity contribution < 1.29 is 23.9 Å². The van der Waals surface area contributed by atoms with Gasteiger partial charge in [-0.2, -0.15) is 0 Å². The minimum Gasteiger partial charge on any atom is -0.493 e. The van der Waals surface area contributed by atoms with E-state index in [-0.39, 0.29) is 11.7 Å². The minimum atomic E-state index is -0.541.